The lowest BCUT2D eigenvalue weighted by Gasteiger charge is -2.08. The summed E-state index contributed by atoms with van der Waals surface area (Å²) in [4.78, 5) is 3.93. The minimum absolute atomic E-state index is 0.396. The highest BCUT2D eigenvalue weighted by atomic mass is 16.5. The number of nitriles is 1. The van der Waals surface area contributed by atoms with E-state index in [1.165, 1.54) is 0 Å². The summed E-state index contributed by atoms with van der Waals surface area (Å²) in [5.74, 6) is 0. The maximum absolute atomic E-state index is 8.79. The van der Waals surface area contributed by atoms with Crippen molar-refractivity contribution < 1.29 is 4.74 Å². The number of anilines is 2. The van der Waals surface area contributed by atoms with Gasteiger partial charge in [0.2, 0.25) is 0 Å². The number of aromatic nitrogens is 1. The Morgan fingerprint density at radius 1 is 1.28 bits per heavy atom. The van der Waals surface area contributed by atoms with Crippen LogP contribution in [0.25, 0.3) is 0 Å². The predicted molar refractivity (Wildman–Crippen MR) is 69.4 cm³/mol. The van der Waals surface area contributed by atoms with Crippen molar-refractivity contribution in [2.24, 2.45) is 0 Å². The van der Waals surface area contributed by atoms with Crippen LogP contribution in [0.2, 0.25) is 0 Å². The van der Waals surface area contributed by atoms with Gasteiger partial charge in [0.15, 0.2) is 0 Å². The Bertz CT molecular complexity index is 575. The van der Waals surface area contributed by atoms with Crippen LogP contribution in [0.4, 0.5) is 11.4 Å². The number of nitrogens with one attached hydrogen (secondary N) is 1. The average Bonchev–Trinajstić information content (AvgIpc) is 2.40. The third-order valence-electron chi connectivity index (χ3n) is 2.40. The topological polar surface area (TPSA) is 57.9 Å². The van der Waals surface area contributed by atoms with Gasteiger partial charge in [-0.2, -0.15) is 5.26 Å². The minimum Gasteiger partial charge on any atom is -0.380 e. The molecule has 0 atom stereocenters. The second-order valence-corrected chi connectivity index (χ2v) is 3.80. The summed E-state index contributed by atoms with van der Waals surface area (Å²) in [7, 11) is 1.67. The summed E-state index contributed by atoms with van der Waals surface area (Å²) in [6, 6.07) is 13.5. The first-order valence-corrected chi connectivity index (χ1v) is 5.53. The second-order valence-electron chi connectivity index (χ2n) is 3.80. The number of ether oxygens (including phenoxy) is 1. The van der Waals surface area contributed by atoms with Gasteiger partial charge in [-0.25, -0.2) is 4.98 Å². The van der Waals surface area contributed by atoms with E-state index in [-0.39, 0.29) is 0 Å². The molecule has 0 saturated carbocycles. The number of hydrogen-bond donors (Lipinski definition) is 1. The van der Waals surface area contributed by atoms with Crippen LogP contribution in [0.15, 0.2) is 42.6 Å². The molecule has 2 aromatic rings. The molecule has 4 heteroatoms. The minimum atomic E-state index is 0.396. The smallest absolute Gasteiger partial charge is 0.142 e. The third-order valence-corrected chi connectivity index (χ3v) is 2.40. The summed E-state index contributed by atoms with van der Waals surface area (Å²) in [5.41, 5.74) is 3.29. The number of nitrogens with zero attached hydrogens (tertiary/aromatic N) is 2. The Labute approximate surface area is 106 Å². The second kappa shape index (κ2) is 5.80. The number of methoxy groups -OCH3 is 1. The molecule has 0 fully saturated rings. The molecule has 0 amide bonds. The van der Waals surface area contributed by atoms with Crippen LogP contribution in [0, 0.1) is 11.3 Å². The highest BCUT2D eigenvalue weighted by molar-refractivity contribution is 5.60. The molecule has 2 rings (SSSR count). The monoisotopic (exact) mass is 239 g/mol. The van der Waals surface area contributed by atoms with Crippen LogP contribution in [-0.4, -0.2) is 12.1 Å². The van der Waals surface area contributed by atoms with E-state index in [0.717, 1.165) is 16.9 Å². The fourth-order valence-electron chi connectivity index (χ4n) is 1.64. The number of rotatable bonds is 4. The Hall–Kier alpha value is -2.38. The number of pyridine rings is 1. The lowest BCUT2D eigenvalue weighted by atomic mass is 10.2. The van der Waals surface area contributed by atoms with E-state index < -0.39 is 0 Å². The van der Waals surface area contributed by atoms with Crippen LogP contribution >= 0.6 is 0 Å². The summed E-state index contributed by atoms with van der Waals surface area (Å²) < 4.78 is 5.09. The zero-order valence-corrected chi connectivity index (χ0v) is 10.1. The van der Waals surface area contributed by atoms with Crippen molar-refractivity contribution in [1.29, 1.82) is 5.26 Å². The molecular weight excluding hydrogens is 226 g/mol. The molecule has 4 nitrogen and oxygen atoms in total. The third kappa shape index (κ3) is 3.06. The van der Waals surface area contributed by atoms with Crippen molar-refractivity contribution in [2.45, 2.75) is 6.61 Å². The van der Waals surface area contributed by atoms with Crippen LogP contribution in [-0.2, 0) is 11.3 Å². The molecule has 0 unspecified atom stereocenters. The van der Waals surface area contributed by atoms with Gasteiger partial charge >= 0.3 is 0 Å². The molecule has 1 aromatic carbocycles. The van der Waals surface area contributed by atoms with E-state index >= 15 is 0 Å². The fourth-order valence-corrected chi connectivity index (χ4v) is 1.64. The van der Waals surface area contributed by atoms with E-state index in [4.69, 9.17) is 10.00 Å². The molecule has 0 aliphatic carbocycles. The highest BCUT2D eigenvalue weighted by Gasteiger charge is 1.99. The van der Waals surface area contributed by atoms with Crippen LogP contribution in [0.1, 0.15) is 11.3 Å². The molecule has 0 aliphatic heterocycles. The lowest BCUT2D eigenvalue weighted by molar-refractivity contribution is 0.185. The van der Waals surface area contributed by atoms with E-state index in [0.29, 0.717) is 12.3 Å². The summed E-state index contributed by atoms with van der Waals surface area (Å²) in [6.45, 7) is 0.579. The maximum atomic E-state index is 8.79. The molecular formula is C14H13N3O. The number of benzene rings is 1. The van der Waals surface area contributed by atoms with Gasteiger partial charge in [0.05, 0.1) is 6.61 Å². The lowest BCUT2D eigenvalue weighted by Crippen LogP contribution is -1.94. The molecule has 0 radical (unpaired) electrons. The Morgan fingerprint density at radius 3 is 2.89 bits per heavy atom. The van der Waals surface area contributed by atoms with Crippen LogP contribution < -0.4 is 5.32 Å². The van der Waals surface area contributed by atoms with Gasteiger partial charge in [-0.1, -0.05) is 12.1 Å². The van der Waals surface area contributed by atoms with Gasteiger partial charge in [0.1, 0.15) is 11.8 Å². The van der Waals surface area contributed by atoms with Gasteiger partial charge < -0.3 is 10.1 Å². The quantitative estimate of drug-likeness (QED) is 0.891. The van der Waals surface area contributed by atoms with Crippen molar-refractivity contribution in [3.8, 4) is 6.07 Å². The molecule has 0 aliphatic rings. The zero-order valence-electron chi connectivity index (χ0n) is 10.1. The van der Waals surface area contributed by atoms with E-state index in [1.54, 1.807) is 19.4 Å². The van der Waals surface area contributed by atoms with Crippen molar-refractivity contribution in [3.63, 3.8) is 0 Å². The first kappa shape index (κ1) is 12.1. The molecule has 0 bridgehead atoms. The van der Waals surface area contributed by atoms with E-state index in [2.05, 4.69) is 10.3 Å². The molecule has 0 spiro atoms. The normalized spacial score (nSPS) is 9.78. The van der Waals surface area contributed by atoms with Gasteiger partial charge in [-0.05, 0) is 29.8 Å². The van der Waals surface area contributed by atoms with E-state index in [1.807, 2.05) is 36.4 Å². The molecule has 1 N–H and O–H groups in total. The zero-order chi connectivity index (χ0) is 12.8. The average molecular weight is 239 g/mol. The molecule has 1 heterocycles. The Kier molecular flexibility index (Phi) is 3.90. The van der Waals surface area contributed by atoms with Gasteiger partial charge in [0, 0.05) is 24.7 Å². The number of hydrogen-bond acceptors (Lipinski definition) is 4. The van der Waals surface area contributed by atoms with Gasteiger partial charge in [0.25, 0.3) is 0 Å². The fraction of sp³-hybridized carbons (Fsp3) is 0.143. The van der Waals surface area contributed by atoms with Crippen LogP contribution in [0.3, 0.4) is 0 Å². The maximum Gasteiger partial charge on any atom is 0.142 e. The van der Waals surface area contributed by atoms with E-state index in [9.17, 15) is 0 Å². The largest absolute Gasteiger partial charge is 0.380 e. The van der Waals surface area contributed by atoms with Crippen molar-refractivity contribution in [3.05, 3.63) is 53.9 Å². The van der Waals surface area contributed by atoms with Gasteiger partial charge in [-0.3, -0.25) is 0 Å². The summed E-state index contributed by atoms with van der Waals surface area (Å²) >= 11 is 0. The standard InChI is InChI=1S/C14H13N3O/c1-18-10-11-3-2-4-12(7-11)17-13-5-6-16-14(8-13)9-15/h2-8H,10H2,1H3,(H,16,17). The molecule has 1 aromatic heterocycles. The summed E-state index contributed by atoms with van der Waals surface area (Å²) in [5, 5.41) is 12.0. The molecule has 18 heavy (non-hydrogen) atoms. The van der Waals surface area contributed by atoms with Crippen LogP contribution in [0.5, 0.6) is 0 Å². The molecule has 90 valence electrons. The van der Waals surface area contributed by atoms with Crippen molar-refractivity contribution >= 4 is 11.4 Å². The Morgan fingerprint density at radius 2 is 2.11 bits per heavy atom. The van der Waals surface area contributed by atoms with Gasteiger partial charge in [-0.15, -0.1) is 0 Å². The molecule has 0 saturated heterocycles. The summed E-state index contributed by atoms with van der Waals surface area (Å²) in [6.07, 6.45) is 1.61. The Balaban J connectivity index is 2.18. The SMILES string of the molecule is COCc1cccc(Nc2ccnc(C#N)c2)c1. The predicted octanol–water partition coefficient (Wildman–Crippen LogP) is 2.84. The highest BCUT2D eigenvalue weighted by Crippen LogP contribution is 2.18. The first-order chi connectivity index (χ1) is 8.81. The van der Waals surface area contributed by atoms with Crippen molar-refractivity contribution in [1.82, 2.24) is 4.98 Å². The van der Waals surface area contributed by atoms with Crippen molar-refractivity contribution in [2.75, 3.05) is 12.4 Å². The first-order valence-electron chi connectivity index (χ1n) is 5.53.